The second-order valence-corrected chi connectivity index (χ2v) is 13.6. The van der Waals surface area contributed by atoms with E-state index in [9.17, 15) is 30.0 Å². The lowest BCUT2D eigenvalue weighted by atomic mass is 10.1. The van der Waals surface area contributed by atoms with Crippen molar-refractivity contribution in [2.75, 3.05) is 44.6 Å². The Kier molecular flexibility index (Phi) is 11.0. The summed E-state index contributed by atoms with van der Waals surface area (Å²) in [7, 11) is 5.20. The average Bonchev–Trinajstić information content (AvgIpc) is 3.59. The lowest BCUT2D eigenvalue weighted by Crippen LogP contribution is -2.55. The number of nitrogen functional groups attached to an aromatic ring is 1. The zero-order chi connectivity index (χ0) is 31.4. The van der Waals surface area contributed by atoms with Gasteiger partial charge in [-0.1, -0.05) is 0 Å². The molecular weight excluding hydrogens is 590 g/mol. The minimum Gasteiger partial charge on any atom is -0.548 e. The Morgan fingerprint density at radius 1 is 1.21 bits per heavy atom. The number of H-pyrrole nitrogens is 2. The Balaban J connectivity index is 0.000000274. The van der Waals surface area contributed by atoms with Crippen LogP contribution in [0, 0.1) is 4.77 Å². The first-order valence-electron chi connectivity index (χ1n) is 12.9. The monoisotopic (exact) mass is 627 g/mol. The predicted octanol–water partition coefficient (Wildman–Crippen LogP) is -3.82. The molecule has 1 aliphatic heterocycles. The van der Waals surface area contributed by atoms with E-state index in [4.69, 9.17) is 28.4 Å². The number of likely N-dealkylation sites (N-methyl/N-ethyl adjacent to an activating group) is 1. The summed E-state index contributed by atoms with van der Waals surface area (Å²) in [5.41, 5.74) is 12.8. The maximum absolute atomic E-state index is 11.0. The van der Waals surface area contributed by atoms with E-state index in [0.717, 1.165) is 5.69 Å². The van der Waals surface area contributed by atoms with Gasteiger partial charge in [-0.25, -0.2) is 15.0 Å². The minimum atomic E-state index is -1.28. The molecule has 4 rings (SSSR count). The van der Waals surface area contributed by atoms with E-state index in [2.05, 4.69) is 24.9 Å². The minimum absolute atomic E-state index is 0.211. The van der Waals surface area contributed by atoms with E-state index in [1.54, 1.807) is 6.20 Å². The van der Waals surface area contributed by atoms with Crippen LogP contribution in [0.2, 0.25) is 0 Å². The second kappa shape index (κ2) is 13.9. The molecule has 16 nitrogen and oxygen atoms in total. The number of ether oxygens (including phenoxy) is 1. The van der Waals surface area contributed by atoms with Gasteiger partial charge in [-0.3, -0.25) is 4.57 Å². The molecule has 0 aliphatic carbocycles. The summed E-state index contributed by atoms with van der Waals surface area (Å²) in [4.78, 5) is 39.5. The molecule has 0 spiro atoms. The molecule has 42 heavy (non-hydrogen) atoms. The smallest absolute Gasteiger partial charge is 0.174 e. The number of quaternary nitrogens is 1. The van der Waals surface area contributed by atoms with Crippen LogP contribution in [-0.2, 0) is 31.6 Å². The van der Waals surface area contributed by atoms with Gasteiger partial charge in [0.15, 0.2) is 22.5 Å². The number of aromatic amines is 2. The van der Waals surface area contributed by atoms with Gasteiger partial charge in [-0.05, 0) is 23.1 Å². The van der Waals surface area contributed by atoms with E-state index in [1.165, 1.54) is 17.2 Å². The number of anilines is 1. The first-order valence-corrected chi connectivity index (χ1v) is 15.3. The number of nitrogens with zero attached hydrogens (tertiary/aromatic N) is 5. The molecule has 0 saturated carbocycles. The lowest BCUT2D eigenvalue weighted by Gasteiger charge is -2.34. The van der Waals surface area contributed by atoms with Crippen LogP contribution in [-0.4, -0.2) is 125 Å². The molecule has 1 saturated heterocycles. The fraction of sp³-hybridized carbons (Fsp3) is 0.583. The van der Waals surface area contributed by atoms with Crippen molar-refractivity contribution in [2.24, 2.45) is 5.73 Å². The van der Waals surface area contributed by atoms with Crippen molar-refractivity contribution in [1.82, 2.24) is 29.5 Å². The van der Waals surface area contributed by atoms with Crippen LogP contribution in [0.1, 0.15) is 18.3 Å². The molecule has 232 valence electrons. The highest BCUT2D eigenvalue weighted by Crippen LogP contribution is 2.32. The van der Waals surface area contributed by atoms with E-state index < -0.39 is 48.6 Å². The number of carboxylic acid groups (broad SMARTS) is 2. The number of rotatable bonds is 11. The van der Waals surface area contributed by atoms with Gasteiger partial charge in [0.2, 0.25) is 0 Å². The number of imidazole rings is 2. The summed E-state index contributed by atoms with van der Waals surface area (Å²) in [5, 5.41) is 42.5. The third-order valence-corrected chi connectivity index (χ3v) is 8.85. The molecule has 1 unspecified atom stereocenters. The Hall–Kier alpha value is -3.13. The lowest BCUT2D eigenvalue weighted by molar-refractivity contribution is -0.889. The molecule has 3 aromatic heterocycles. The summed E-state index contributed by atoms with van der Waals surface area (Å²) >= 11 is 4.87. The second-order valence-electron chi connectivity index (χ2n) is 10.9. The predicted molar refractivity (Wildman–Crippen MR) is 153 cm³/mol. The largest absolute Gasteiger partial charge is 0.548 e. The highest BCUT2D eigenvalue weighted by molar-refractivity contribution is 7.96. The first kappa shape index (κ1) is 33.4. The summed E-state index contributed by atoms with van der Waals surface area (Å²) in [6.45, 7) is 0. The maximum Gasteiger partial charge on any atom is 0.174 e. The van der Waals surface area contributed by atoms with E-state index in [0.29, 0.717) is 38.3 Å². The zero-order valence-electron chi connectivity index (χ0n) is 23.7. The zero-order valence-corrected chi connectivity index (χ0v) is 25.3. The molecule has 4 heterocycles. The van der Waals surface area contributed by atoms with Crippen LogP contribution in [0.15, 0.2) is 18.9 Å². The highest BCUT2D eigenvalue weighted by atomic mass is 32.2. The number of hydrogen-bond donors (Lipinski definition) is 6. The van der Waals surface area contributed by atoms with Crippen LogP contribution in [0.5, 0.6) is 0 Å². The summed E-state index contributed by atoms with van der Waals surface area (Å²) < 4.78 is 8.20. The Labute approximate surface area is 249 Å². The number of fused-ring (bicyclic) bond motifs is 1. The number of aliphatic hydroxyl groups excluding tert-OH is 2. The summed E-state index contributed by atoms with van der Waals surface area (Å²) in [6.07, 6.45) is 3.23. The number of carbonyl (C=O) groups is 2. The summed E-state index contributed by atoms with van der Waals surface area (Å²) in [6, 6.07) is -1.61. The molecule has 0 aromatic carbocycles. The number of nitrogens with two attached hydrogens (primary N) is 2. The van der Waals surface area contributed by atoms with Crippen LogP contribution >= 0.6 is 12.2 Å². The first-order chi connectivity index (χ1) is 19.6. The highest BCUT2D eigenvalue weighted by Gasteiger charge is 2.46. The topological polar surface area (TPSA) is 257 Å². The van der Waals surface area contributed by atoms with Gasteiger partial charge in [0.05, 0.1) is 45.7 Å². The number of aliphatic carboxylic acids is 2. The number of carbonyl (C=O) groups excluding carboxylic acids is 2. The molecule has 3 aromatic rings. The third kappa shape index (κ3) is 8.24. The van der Waals surface area contributed by atoms with Crippen molar-refractivity contribution >= 4 is 52.0 Å². The fourth-order valence-electron chi connectivity index (χ4n) is 4.33. The van der Waals surface area contributed by atoms with E-state index >= 15 is 0 Å². The van der Waals surface area contributed by atoms with E-state index in [-0.39, 0.29) is 23.1 Å². The number of nitrogens with one attached hydrogen (secondary N) is 2. The molecular formula is C24H37N9O7S2. The standard InChI is InChI=1S/C15H22N6O5S.C9H15N3O2S/c1-27(3-2-7(16)15(24)25)4-8-10(22)11(23)14(26-8)21-6-20-9-12(17)18-5-19-13(9)21;1-12(2,3)7(8(13)14)4-6-5-10-9(15)11-6/h5-8,10-11,14,22-23H,2-4,16H2,1H3,(H2-,17,18,19,24,25);5,7H,4H2,1-3H3,(H2-,10,11,13,14,15)/t7-,8+,10+,11+,14+,27?;7-/m00/s1. The van der Waals surface area contributed by atoms with Gasteiger partial charge in [0.1, 0.15) is 47.7 Å². The number of carboxylic acids is 2. The Morgan fingerprint density at radius 3 is 2.48 bits per heavy atom. The van der Waals surface area contributed by atoms with Gasteiger partial charge in [-0.15, -0.1) is 0 Å². The van der Waals surface area contributed by atoms with Crippen LogP contribution < -0.4 is 21.7 Å². The molecule has 1 fully saturated rings. The quantitative estimate of drug-likeness (QED) is 0.0678. The van der Waals surface area contributed by atoms with Crippen molar-refractivity contribution in [3.05, 3.63) is 29.3 Å². The van der Waals surface area contributed by atoms with Crippen LogP contribution in [0.25, 0.3) is 11.2 Å². The van der Waals surface area contributed by atoms with Crippen LogP contribution in [0.4, 0.5) is 5.82 Å². The number of aromatic nitrogens is 6. The van der Waals surface area contributed by atoms with Crippen molar-refractivity contribution in [2.45, 2.75) is 49.5 Å². The van der Waals surface area contributed by atoms with Gasteiger partial charge < -0.3 is 60.7 Å². The van der Waals surface area contributed by atoms with Crippen molar-refractivity contribution in [1.29, 1.82) is 0 Å². The van der Waals surface area contributed by atoms with Crippen LogP contribution in [0.3, 0.4) is 0 Å². The SMILES string of the molecule is C[N+](C)(C)[C@@H](Cc1c[nH]c(=S)[nH]1)C(=O)[O-].C[S+](CC[C@H](N)C(=O)[O-])C[C@H]1O[C@@H](n2cnc3c(N)ncnc32)[C@H](O)[C@@H]1O. The fourth-order valence-corrected chi connectivity index (χ4v) is 6.17. The molecule has 8 N–H and O–H groups in total. The van der Waals surface area contributed by atoms with Crippen molar-refractivity contribution in [3.63, 3.8) is 0 Å². The molecule has 1 aliphatic rings. The molecule has 0 amide bonds. The third-order valence-electron chi connectivity index (χ3n) is 6.80. The summed E-state index contributed by atoms with van der Waals surface area (Å²) in [5.74, 6) is -1.11. The average molecular weight is 628 g/mol. The van der Waals surface area contributed by atoms with Gasteiger partial charge >= 0.3 is 0 Å². The van der Waals surface area contributed by atoms with Crippen molar-refractivity contribution in [3.8, 4) is 0 Å². The Bertz CT molecular complexity index is 1420. The molecule has 0 bridgehead atoms. The Morgan fingerprint density at radius 2 is 1.90 bits per heavy atom. The maximum atomic E-state index is 11.0. The molecule has 7 atom stereocenters. The number of hydrogen-bond acceptors (Lipinski definition) is 13. The molecule has 18 heteroatoms. The normalized spacial score (nSPS) is 22.7. The molecule has 0 radical (unpaired) electrons. The van der Waals surface area contributed by atoms with Gasteiger partial charge in [0.25, 0.3) is 0 Å². The van der Waals surface area contributed by atoms with Crippen molar-refractivity contribution < 1.29 is 39.2 Å². The van der Waals surface area contributed by atoms with E-state index in [1.807, 2.05) is 27.4 Å². The van der Waals surface area contributed by atoms with Gasteiger partial charge in [0, 0.05) is 30.8 Å². The number of aliphatic hydroxyl groups is 2. The van der Waals surface area contributed by atoms with Gasteiger partial charge in [-0.2, -0.15) is 0 Å².